The molecule has 1 saturated heterocycles. The third kappa shape index (κ3) is 7.19. The fraction of sp³-hybridized carbons (Fsp3) is 0.364. The summed E-state index contributed by atoms with van der Waals surface area (Å²) in [7, 11) is 0. The molecule has 9 nitrogen and oxygen atoms in total. The molecule has 1 aromatic heterocycles. The molecule has 0 spiro atoms. The van der Waals surface area contributed by atoms with Crippen molar-refractivity contribution in [3.63, 3.8) is 0 Å². The van der Waals surface area contributed by atoms with E-state index in [9.17, 15) is 19.2 Å². The molecule has 1 N–H and O–H groups in total. The van der Waals surface area contributed by atoms with E-state index >= 15 is 0 Å². The van der Waals surface area contributed by atoms with Gasteiger partial charge in [0.2, 0.25) is 5.91 Å². The number of benzene rings is 2. The molecule has 10 heteroatoms. The third-order valence-electron chi connectivity index (χ3n) is 7.41. The van der Waals surface area contributed by atoms with Gasteiger partial charge >= 0.3 is 6.09 Å². The van der Waals surface area contributed by atoms with Crippen LogP contribution in [0.2, 0.25) is 0 Å². The van der Waals surface area contributed by atoms with Crippen LogP contribution in [0.5, 0.6) is 0 Å². The minimum Gasteiger partial charge on any atom is -0.444 e. The summed E-state index contributed by atoms with van der Waals surface area (Å²) in [6, 6.07) is 14.2. The first-order chi connectivity index (χ1) is 20.5. The normalized spacial score (nSPS) is 18.1. The lowest BCUT2D eigenvalue weighted by Crippen LogP contribution is -2.45. The Morgan fingerprint density at radius 3 is 2.37 bits per heavy atom. The molecule has 2 aliphatic heterocycles. The highest BCUT2D eigenvalue weighted by molar-refractivity contribution is 7.13. The molecule has 2 atom stereocenters. The Bertz CT molecular complexity index is 1540. The van der Waals surface area contributed by atoms with Crippen LogP contribution in [0.15, 0.2) is 66.1 Å². The summed E-state index contributed by atoms with van der Waals surface area (Å²) in [6.45, 7) is 7.87. The molecular formula is C33H36N4O5S. The average Bonchev–Trinajstić information content (AvgIpc) is 3.74. The van der Waals surface area contributed by atoms with Crippen LogP contribution in [-0.2, 0) is 25.5 Å². The molecule has 3 heterocycles. The zero-order valence-corrected chi connectivity index (χ0v) is 25.6. The quantitative estimate of drug-likeness (QED) is 0.348. The molecule has 0 radical (unpaired) electrons. The van der Waals surface area contributed by atoms with Crippen LogP contribution in [0.3, 0.4) is 0 Å². The van der Waals surface area contributed by atoms with E-state index < -0.39 is 17.7 Å². The lowest BCUT2D eigenvalue weighted by Gasteiger charge is -2.28. The Hall–Kier alpha value is -4.31. The van der Waals surface area contributed by atoms with Gasteiger partial charge in [-0.25, -0.2) is 9.78 Å². The first-order valence-corrected chi connectivity index (χ1v) is 15.3. The number of nitrogens with one attached hydrogen (secondary N) is 1. The lowest BCUT2D eigenvalue weighted by molar-refractivity contribution is -0.135. The van der Waals surface area contributed by atoms with E-state index in [4.69, 9.17) is 9.72 Å². The second kappa shape index (κ2) is 12.5. The van der Waals surface area contributed by atoms with Gasteiger partial charge in [-0.15, -0.1) is 11.3 Å². The summed E-state index contributed by atoms with van der Waals surface area (Å²) in [6.07, 6.45) is 4.86. The van der Waals surface area contributed by atoms with Crippen LogP contribution in [0, 0.1) is 0 Å². The van der Waals surface area contributed by atoms with Crippen molar-refractivity contribution in [3.8, 4) is 21.8 Å². The highest BCUT2D eigenvalue weighted by Gasteiger charge is 2.34. The van der Waals surface area contributed by atoms with Gasteiger partial charge in [0, 0.05) is 48.6 Å². The second-order valence-electron chi connectivity index (χ2n) is 11.8. The molecule has 0 bridgehead atoms. The van der Waals surface area contributed by atoms with Gasteiger partial charge < -0.3 is 15.0 Å². The van der Waals surface area contributed by atoms with Crippen LogP contribution >= 0.6 is 11.3 Å². The fourth-order valence-electron chi connectivity index (χ4n) is 5.30. The number of rotatable bonds is 7. The van der Waals surface area contributed by atoms with Gasteiger partial charge in [0.1, 0.15) is 16.7 Å². The molecule has 1 fully saturated rings. The fourth-order valence-corrected chi connectivity index (χ4v) is 6.14. The number of nitrogens with zero attached hydrogens (tertiary/aromatic N) is 3. The van der Waals surface area contributed by atoms with Crippen molar-refractivity contribution in [2.45, 2.75) is 64.6 Å². The molecule has 3 aromatic rings. The maximum Gasteiger partial charge on any atom is 0.411 e. The minimum absolute atomic E-state index is 0.0432. The Morgan fingerprint density at radius 1 is 1.00 bits per heavy atom. The van der Waals surface area contributed by atoms with E-state index in [0.29, 0.717) is 25.2 Å². The number of thiazole rings is 1. The van der Waals surface area contributed by atoms with Crippen molar-refractivity contribution in [2.75, 3.05) is 18.4 Å². The number of carbonyl (C=O) groups is 4. The van der Waals surface area contributed by atoms with E-state index in [0.717, 1.165) is 40.2 Å². The number of ketones is 1. The topological polar surface area (TPSA) is 109 Å². The average molecular weight is 601 g/mol. The predicted molar refractivity (Wildman–Crippen MR) is 167 cm³/mol. The van der Waals surface area contributed by atoms with Gasteiger partial charge in [0.15, 0.2) is 5.78 Å². The highest BCUT2D eigenvalue weighted by atomic mass is 32.1. The number of ether oxygens (including phenoxy) is 1. The van der Waals surface area contributed by atoms with E-state index in [1.807, 2.05) is 53.9 Å². The van der Waals surface area contributed by atoms with Crippen LogP contribution < -0.4 is 5.32 Å². The Morgan fingerprint density at radius 2 is 1.70 bits per heavy atom. The second-order valence-corrected chi connectivity index (χ2v) is 12.7. The molecule has 2 aliphatic rings. The first-order valence-electron chi connectivity index (χ1n) is 14.4. The Balaban J connectivity index is 1.18. The molecule has 0 unspecified atom stereocenters. The van der Waals surface area contributed by atoms with Gasteiger partial charge in [0.05, 0.1) is 11.7 Å². The maximum atomic E-state index is 12.9. The van der Waals surface area contributed by atoms with Crippen LogP contribution in [0.25, 0.3) is 21.8 Å². The molecule has 224 valence electrons. The summed E-state index contributed by atoms with van der Waals surface area (Å²) in [4.78, 5) is 58.0. The maximum absolute atomic E-state index is 12.9. The summed E-state index contributed by atoms with van der Waals surface area (Å²) >= 11 is 1.53. The van der Waals surface area contributed by atoms with Crippen molar-refractivity contribution in [2.24, 2.45) is 0 Å². The van der Waals surface area contributed by atoms with Crippen molar-refractivity contribution >= 4 is 40.7 Å². The van der Waals surface area contributed by atoms with Gasteiger partial charge in [-0.3, -0.25) is 19.3 Å². The van der Waals surface area contributed by atoms with Gasteiger partial charge in [-0.2, -0.15) is 0 Å². The molecule has 5 rings (SSSR count). The number of Topliss-reactive ketones (excluding diaryl/α,β-unsaturated/α-hetero) is 1. The van der Waals surface area contributed by atoms with Crippen molar-refractivity contribution < 1.29 is 23.9 Å². The van der Waals surface area contributed by atoms with Crippen LogP contribution in [0.1, 0.15) is 46.1 Å². The SMILES string of the molecule is CC(=O)N1CCC[C@H]1C(=O)Cc1ccc(-c2nc(-c3ccc(NC(=O)[C@@H]4C=CCN4C(=O)OC(C)(C)C)cc3)cs2)cc1. The van der Waals surface area contributed by atoms with E-state index in [1.54, 1.807) is 37.8 Å². The predicted octanol–water partition coefficient (Wildman–Crippen LogP) is 5.71. The number of carbonyl (C=O) groups excluding carboxylic acids is 4. The lowest BCUT2D eigenvalue weighted by atomic mass is 10.0. The number of hydrogen-bond acceptors (Lipinski definition) is 7. The zero-order valence-electron chi connectivity index (χ0n) is 24.8. The largest absolute Gasteiger partial charge is 0.444 e. The van der Waals surface area contributed by atoms with E-state index in [1.165, 1.54) is 23.2 Å². The van der Waals surface area contributed by atoms with Crippen molar-refractivity contribution in [1.29, 1.82) is 0 Å². The number of hydrogen-bond donors (Lipinski definition) is 1. The molecule has 0 saturated carbocycles. The van der Waals surface area contributed by atoms with Gasteiger partial charge in [0.25, 0.3) is 5.91 Å². The zero-order chi connectivity index (χ0) is 30.7. The Labute approximate surface area is 255 Å². The smallest absolute Gasteiger partial charge is 0.411 e. The molecule has 43 heavy (non-hydrogen) atoms. The van der Waals surface area contributed by atoms with Crippen molar-refractivity contribution in [1.82, 2.24) is 14.8 Å². The number of aromatic nitrogens is 1. The minimum atomic E-state index is -0.738. The van der Waals surface area contributed by atoms with E-state index in [2.05, 4.69) is 5.32 Å². The summed E-state index contributed by atoms with van der Waals surface area (Å²) in [5.74, 6) is -0.275. The Kier molecular flexibility index (Phi) is 8.77. The number of amides is 3. The monoisotopic (exact) mass is 600 g/mol. The van der Waals surface area contributed by atoms with E-state index in [-0.39, 0.29) is 23.6 Å². The number of anilines is 1. The molecular weight excluding hydrogens is 564 g/mol. The third-order valence-corrected chi connectivity index (χ3v) is 8.30. The van der Waals surface area contributed by atoms with Gasteiger partial charge in [-0.05, 0) is 51.3 Å². The summed E-state index contributed by atoms with van der Waals surface area (Å²) in [5, 5.41) is 5.73. The summed E-state index contributed by atoms with van der Waals surface area (Å²) in [5.41, 5.74) is 3.57. The first kappa shape index (κ1) is 30.2. The molecule has 0 aliphatic carbocycles. The summed E-state index contributed by atoms with van der Waals surface area (Å²) < 4.78 is 5.44. The van der Waals surface area contributed by atoms with Gasteiger partial charge in [-0.1, -0.05) is 48.6 Å². The van der Waals surface area contributed by atoms with Crippen LogP contribution in [-0.4, -0.2) is 69.2 Å². The number of likely N-dealkylation sites (tertiary alicyclic amines) is 1. The van der Waals surface area contributed by atoms with Crippen LogP contribution in [0.4, 0.5) is 10.5 Å². The molecule has 2 aromatic carbocycles. The highest BCUT2D eigenvalue weighted by Crippen LogP contribution is 2.30. The van der Waals surface area contributed by atoms with Crippen molar-refractivity contribution in [3.05, 3.63) is 71.6 Å². The molecule has 3 amide bonds. The standard InChI is InChI=1S/C33H36N4O5S/c1-21(38)36-17-5-7-27(36)29(39)19-22-9-11-24(12-10-22)31-35-26(20-43-31)23-13-15-25(16-14-23)34-30(40)28-8-6-18-37(28)32(41)42-33(2,3)4/h6,8-16,20,27-28H,5,7,17-19H2,1-4H3,(H,34,40)/t27-,28-/m0/s1.